The minimum absolute atomic E-state index is 0.158. The SMILES string of the molecule is N#Cc1ccc(Sc2n[nH]c(=O)n2C2CC2)c(Br)c1. The molecule has 0 bridgehead atoms. The lowest BCUT2D eigenvalue weighted by Crippen LogP contribution is -2.15. The van der Waals surface area contributed by atoms with E-state index >= 15 is 0 Å². The number of aromatic amines is 1. The van der Waals surface area contributed by atoms with Crippen molar-refractivity contribution in [2.75, 3.05) is 0 Å². The molecule has 0 spiro atoms. The Morgan fingerprint density at radius 2 is 2.32 bits per heavy atom. The van der Waals surface area contributed by atoms with Crippen LogP contribution in [0, 0.1) is 11.3 Å². The second kappa shape index (κ2) is 4.87. The third-order valence-corrected chi connectivity index (χ3v) is 4.81. The average Bonchev–Trinajstić information content (AvgIpc) is 3.17. The van der Waals surface area contributed by atoms with Crippen molar-refractivity contribution in [3.8, 4) is 6.07 Å². The van der Waals surface area contributed by atoms with Crippen LogP contribution < -0.4 is 5.69 Å². The van der Waals surface area contributed by atoms with Crippen molar-refractivity contribution in [3.63, 3.8) is 0 Å². The van der Waals surface area contributed by atoms with Gasteiger partial charge in [0, 0.05) is 15.4 Å². The van der Waals surface area contributed by atoms with Crippen LogP contribution in [0.2, 0.25) is 0 Å². The predicted molar refractivity (Wildman–Crippen MR) is 74.1 cm³/mol. The Hall–Kier alpha value is -1.52. The van der Waals surface area contributed by atoms with Gasteiger partial charge in [-0.1, -0.05) is 0 Å². The van der Waals surface area contributed by atoms with Crippen molar-refractivity contribution in [3.05, 3.63) is 38.7 Å². The van der Waals surface area contributed by atoms with E-state index in [9.17, 15) is 4.79 Å². The molecule has 1 N–H and O–H groups in total. The van der Waals surface area contributed by atoms with Gasteiger partial charge in [0.1, 0.15) is 0 Å². The zero-order valence-corrected chi connectivity index (χ0v) is 12.2. The lowest BCUT2D eigenvalue weighted by Gasteiger charge is -2.05. The molecular weight excluding hydrogens is 328 g/mol. The van der Waals surface area contributed by atoms with E-state index in [0.29, 0.717) is 10.7 Å². The van der Waals surface area contributed by atoms with Crippen molar-refractivity contribution >= 4 is 27.7 Å². The van der Waals surface area contributed by atoms with Crippen LogP contribution in [-0.4, -0.2) is 14.8 Å². The van der Waals surface area contributed by atoms with Crippen LogP contribution in [0.4, 0.5) is 0 Å². The summed E-state index contributed by atoms with van der Waals surface area (Å²) in [4.78, 5) is 12.6. The van der Waals surface area contributed by atoms with Gasteiger partial charge in [0.2, 0.25) is 0 Å². The van der Waals surface area contributed by atoms with Gasteiger partial charge in [-0.05, 0) is 58.7 Å². The maximum absolute atomic E-state index is 11.7. The number of aromatic nitrogens is 3. The van der Waals surface area contributed by atoms with Crippen LogP contribution in [0.1, 0.15) is 24.4 Å². The Bertz CT molecular complexity index is 726. The fraction of sp³-hybridized carbons (Fsp3) is 0.250. The number of H-pyrrole nitrogens is 1. The normalized spacial score (nSPS) is 14.3. The molecular formula is C12H9BrN4OS. The molecule has 0 radical (unpaired) electrons. The maximum atomic E-state index is 11.7. The van der Waals surface area contributed by atoms with Crippen LogP contribution in [0.5, 0.6) is 0 Å². The first-order valence-electron chi connectivity index (χ1n) is 5.73. The summed E-state index contributed by atoms with van der Waals surface area (Å²) in [5, 5.41) is 16.0. The Morgan fingerprint density at radius 3 is 2.95 bits per heavy atom. The van der Waals surface area contributed by atoms with Gasteiger partial charge >= 0.3 is 5.69 Å². The second-order valence-corrected chi connectivity index (χ2v) is 6.14. The quantitative estimate of drug-likeness (QED) is 0.934. The minimum atomic E-state index is -0.158. The van der Waals surface area contributed by atoms with Crippen LogP contribution >= 0.6 is 27.7 Å². The largest absolute Gasteiger partial charge is 0.344 e. The molecule has 0 atom stereocenters. The molecule has 1 saturated carbocycles. The first-order chi connectivity index (χ1) is 9.19. The van der Waals surface area contributed by atoms with Gasteiger partial charge in [-0.25, -0.2) is 9.89 Å². The van der Waals surface area contributed by atoms with Gasteiger partial charge < -0.3 is 0 Å². The smallest absolute Gasteiger partial charge is 0.267 e. The van der Waals surface area contributed by atoms with Gasteiger partial charge in [-0.3, -0.25) is 4.57 Å². The third-order valence-electron chi connectivity index (χ3n) is 2.85. The van der Waals surface area contributed by atoms with Gasteiger partial charge in [0.25, 0.3) is 0 Å². The third kappa shape index (κ3) is 2.46. The van der Waals surface area contributed by atoms with Crippen molar-refractivity contribution < 1.29 is 0 Å². The Balaban J connectivity index is 1.94. The number of nitriles is 1. The monoisotopic (exact) mass is 336 g/mol. The highest BCUT2D eigenvalue weighted by atomic mass is 79.9. The Kier molecular flexibility index (Phi) is 3.21. The van der Waals surface area contributed by atoms with E-state index in [-0.39, 0.29) is 11.7 Å². The Labute approximate surface area is 121 Å². The summed E-state index contributed by atoms with van der Waals surface area (Å²) in [7, 11) is 0. The summed E-state index contributed by atoms with van der Waals surface area (Å²) < 4.78 is 2.53. The number of halogens is 1. The summed E-state index contributed by atoms with van der Waals surface area (Å²) >= 11 is 4.85. The zero-order chi connectivity index (χ0) is 13.4. The molecule has 0 saturated heterocycles. The zero-order valence-electron chi connectivity index (χ0n) is 9.76. The summed E-state index contributed by atoms with van der Waals surface area (Å²) in [6.45, 7) is 0. The second-order valence-electron chi connectivity index (χ2n) is 4.27. The molecule has 1 aromatic heterocycles. The number of nitrogens with zero attached hydrogens (tertiary/aromatic N) is 3. The molecule has 0 unspecified atom stereocenters. The number of rotatable bonds is 3. The molecule has 1 aromatic carbocycles. The van der Waals surface area contributed by atoms with E-state index in [1.807, 2.05) is 6.07 Å². The van der Waals surface area contributed by atoms with E-state index in [1.165, 1.54) is 11.8 Å². The molecule has 1 fully saturated rings. The summed E-state index contributed by atoms with van der Waals surface area (Å²) in [5.41, 5.74) is 0.438. The molecule has 19 heavy (non-hydrogen) atoms. The van der Waals surface area contributed by atoms with E-state index in [1.54, 1.807) is 16.7 Å². The van der Waals surface area contributed by atoms with Crippen LogP contribution in [0.3, 0.4) is 0 Å². The number of hydrogen-bond donors (Lipinski definition) is 1. The molecule has 1 aliphatic rings. The first kappa shape index (κ1) is 12.5. The highest BCUT2D eigenvalue weighted by Gasteiger charge is 2.28. The topological polar surface area (TPSA) is 74.5 Å². The molecule has 7 heteroatoms. The average molecular weight is 337 g/mol. The number of hydrogen-bond acceptors (Lipinski definition) is 4. The van der Waals surface area contributed by atoms with E-state index < -0.39 is 0 Å². The molecule has 2 aromatic rings. The molecule has 96 valence electrons. The van der Waals surface area contributed by atoms with Gasteiger partial charge in [-0.15, -0.1) is 5.10 Å². The van der Waals surface area contributed by atoms with Gasteiger partial charge in [0.15, 0.2) is 5.16 Å². The predicted octanol–water partition coefficient (Wildman–Crippen LogP) is 2.69. The molecule has 3 rings (SSSR count). The fourth-order valence-electron chi connectivity index (χ4n) is 1.77. The standard InChI is InChI=1S/C12H9BrN4OS/c13-9-5-7(6-14)1-4-10(9)19-12-16-15-11(18)17(12)8-2-3-8/h1,4-5,8H,2-3H2,(H,15,18). The fourth-order valence-corrected chi connectivity index (χ4v) is 3.30. The Morgan fingerprint density at radius 1 is 1.53 bits per heavy atom. The van der Waals surface area contributed by atoms with E-state index in [4.69, 9.17) is 5.26 Å². The van der Waals surface area contributed by atoms with Crippen molar-refractivity contribution in [2.24, 2.45) is 0 Å². The minimum Gasteiger partial charge on any atom is -0.267 e. The molecule has 1 aliphatic carbocycles. The van der Waals surface area contributed by atoms with Crippen molar-refractivity contribution in [1.29, 1.82) is 5.26 Å². The van der Waals surface area contributed by atoms with E-state index in [2.05, 4.69) is 32.2 Å². The maximum Gasteiger partial charge on any atom is 0.344 e. The van der Waals surface area contributed by atoms with Crippen LogP contribution in [-0.2, 0) is 0 Å². The molecule has 1 heterocycles. The summed E-state index contributed by atoms with van der Waals surface area (Å²) in [6.07, 6.45) is 2.06. The van der Waals surface area contributed by atoms with Gasteiger partial charge in [0.05, 0.1) is 11.6 Å². The summed E-state index contributed by atoms with van der Waals surface area (Å²) in [6, 6.07) is 7.73. The number of nitrogens with one attached hydrogen (secondary N) is 1. The van der Waals surface area contributed by atoms with Crippen LogP contribution in [0.25, 0.3) is 0 Å². The molecule has 0 amide bonds. The van der Waals surface area contributed by atoms with E-state index in [0.717, 1.165) is 22.2 Å². The van der Waals surface area contributed by atoms with Crippen molar-refractivity contribution in [1.82, 2.24) is 14.8 Å². The molecule has 5 nitrogen and oxygen atoms in total. The lowest BCUT2D eigenvalue weighted by molar-refractivity contribution is 0.642. The lowest BCUT2D eigenvalue weighted by atomic mass is 10.2. The highest BCUT2D eigenvalue weighted by Crippen LogP contribution is 2.39. The van der Waals surface area contributed by atoms with Gasteiger partial charge in [-0.2, -0.15) is 5.26 Å². The molecule has 0 aliphatic heterocycles. The van der Waals surface area contributed by atoms with Crippen LogP contribution in [0.15, 0.2) is 37.5 Å². The summed E-state index contributed by atoms with van der Waals surface area (Å²) in [5.74, 6) is 0. The number of benzene rings is 1. The highest BCUT2D eigenvalue weighted by molar-refractivity contribution is 9.10. The first-order valence-corrected chi connectivity index (χ1v) is 7.34. The van der Waals surface area contributed by atoms with Crippen molar-refractivity contribution in [2.45, 2.75) is 28.9 Å².